The molecule has 43 heavy (non-hydrogen) atoms. The van der Waals surface area contributed by atoms with Crippen LogP contribution < -0.4 is 9.64 Å². The number of fused-ring (bicyclic) bond motifs is 2. The number of hydrogen-bond donors (Lipinski definition) is 0. The van der Waals surface area contributed by atoms with Crippen molar-refractivity contribution < 1.29 is 37.1 Å². The highest BCUT2D eigenvalue weighted by atomic mass is 19.4. The number of aryl methyl sites for hydroxylation is 1. The van der Waals surface area contributed by atoms with Gasteiger partial charge in [-0.25, -0.2) is 4.90 Å². The molecule has 0 saturated heterocycles. The molecule has 0 spiro atoms. The number of ether oxygens (including phenoxy) is 1. The van der Waals surface area contributed by atoms with Gasteiger partial charge in [0.2, 0.25) is 0 Å². The van der Waals surface area contributed by atoms with Crippen LogP contribution in [0, 0.1) is 6.92 Å². The van der Waals surface area contributed by atoms with E-state index < -0.39 is 35.2 Å². The zero-order valence-corrected chi connectivity index (χ0v) is 23.2. The minimum absolute atomic E-state index is 0.0152. The Bertz CT molecular complexity index is 1850. The number of alkyl halides is 3. The number of carbonyl (C=O) groups is 4. The van der Waals surface area contributed by atoms with Gasteiger partial charge in [-0.05, 0) is 85.6 Å². The average Bonchev–Trinajstić information content (AvgIpc) is 3.36. The van der Waals surface area contributed by atoms with E-state index in [2.05, 4.69) is 0 Å². The fourth-order valence-electron chi connectivity index (χ4n) is 5.36. The molecule has 0 aromatic heterocycles. The molecule has 1 unspecified atom stereocenters. The predicted octanol–water partition coefficient (Wildman–Crippen LogP) is 6.68. The maximum atomic E-state index is 14.8. The van der Waals surface area contributed by atoms with Gasteiger partial charge >= 0.3 is 6.18 Å². The number of hydrogen-bond acceptors (Lipinski definition) is 5. The Kier molecular flexibility index (Phi) is 6.26. The number of carbonyl (C=O) groups excluding carboxylic acids is 4. The molecule has 1 atom stereocenters. The van der Waals surface area contributed by atoms with Gasteiger partial charge in [0.05, 0.1) is 27.9 Å². The molecule has 4 aromatic rings. The van der Waals surface area contributed by atoms with Crippen LogP contribution in [0.25, 0.3) is 0 Å². The maximum Gasteiger partial charge on any atom is 0.402 e. The van der Waals surface area contributed by atoms with Crippen LogP contribution >= 0.6 is 0 Å². The summed E-state index contributed by atoms with van der Waals surface area (Å²) in [6.07, 6.45) is -4.87. The van der Waals surface area contributed by atoms with Gasteiger partial charge in [0.25, 0.3) is 23.6 Å². The summed E-state index contributed by atoms with van der Waals surface area (Å²) in [6.45, 7) is 2.89. The van der Waals surface area contributed by atoms with Gasteiger partial charge in [-0.15, -0.1) is 0 Å². The van der Waals surface area contributed by atoms with E-state index in [0.717, 1.165) is 46.6 Å². The normalized spacial score (nSPS) is 16.0. The third-order valence-electron chi connectivity index (χ3n) is 8.05. The molecule has 10 heteroatoms. The summed E-state index contributed by atoms with van der Waals surface area (Å²) >= 11 is 0. The first-order chi connectivity index (χ1) is 20.3. The van der Waals surface area contributed by atoms with E-state index in [4.69, 9.17) is 4.74 Å². The largest absolute Gasteiger partial charge is 0.457 e. The van der Waals surface area contributed by atoms with Gasteiger partial charge in [0.15, 0.2) is 0 Å². The number of halogens is 3. The molecule has 6 rings (SSSR count). The van der Waals surface area contributed by atoms with Crippen molar-refractivity contribution in [2.45, 2.75) is 25.4 Å². The van der Waals surface area contributed by atoms with Crippen LogP contribution in [0.2, 0.25) is 0 Å². The summed E-state index contributed by atoms with van der Waals surface area (Å²) < 4.78 is 50.3. The van der Waals surface area contributed by atoms with Crippen molar-refractivity contribution in [2.75, 3.05) is 11.9 Å². The lowest BCUT2D eigenvalue weighted by atomic mass is 9.74. The van der Waals surface area contributed by atoms with Gasteiger partial charge in [-0.1, -0.05) is 29.8 Å². The lowest BCUT2D eigenvalue weighted by Crippen LogP contribution is -2.41. The molecule has 2 aliphatic heterocycles. The minimum Gasteiger partial charge on any atom is -0.457 e. The first-order valence-electron chi connectivity index (χ1n) is 13.2. The lowest BCUT2D eigenvalue weighted by molar-refractivity contribution is -0.173. The zero-order chi connectivity index (χ0) is 30.8. The van der Waals surface area contributed by atoms with E-state index in [1.807, 2.05) is 19.1 Å². The Balaban J connectivity index is 1.34. The molecular weight excluding hydrogens is 561 g/mol. The van der Waals surface area contributed by atoms with Gasteiger partial charge in [-0.3, -0.25) is 24.1 Å². The molecule has 0 radical (unpaired) electrons. The van der Waals surface area contributed by atoms with Crippen molar-refractivity contribution in [2.24, 2.45) is 0 Å². The van der Waals surface area contributed by atoms with Crippen molar-refractivity contribution in [3.05, 3.63) is 124 Å². The molecule has 2 aliphatic rings. The van der Waals surface area contributed by atoms with E-state index in [9.17, 15) is 32.3 Å². The van der Waals surface area contributed by atoms with Crippen LogP contribution in [0.4, 0.5) is 18.9 Å². The van der Waals surface area contributed by atoms with E-state index >= 15 is 0 Å². The second-order valence-electron chi connectivity index (χ2n) is 10.7. The van der Waals surface area contributed by atoms with Crippen molar-refractivity contribution >= 4 is 29.3 Å². The Morgan fingerprint density at radius 2 is 1.05 bits per heavy atom. The van der Waals surface area contributed by atoms with Crippen molar-refractivity contribution in [3.63, 3.8) is 0 Å². The Morgan fingerprint density at radius 3 is 1.58 bits per heavy atom. The van der Waals surface area contributed by atoms with Gasteiger partial charge in [-0.2, -0.15) is 13.2 Å². The van der Waals surface area contributed by atoms with E-state index in [-0.39, 0.29) is 39.1 Å². The molecule has 0 fully saturated rings. The Hall–Kier alpha value is -5.25. The molecule has 0 N–H and O–H groups in total. The zero-order valence-electron chi connectivity index (χ0n) is 23.2. The standard InChI is InChI=1S/C33H23F3N2O5/c1-18-4-10-22(11-5-18)43-23-12-8-21(9-13-23)38-30(41)25-15-7-20(17-27(25)31(38)42)32(2,33(34,35)36)19-6-14-24-26(16-19)29(40)37(3)28(24)39/h4-17H,1-3H3. The van der Waals surface area contributed by atoms with Crippen LogP contribution in [0.15, 0.2) is 84.9 Å². The molecule has 0 bridgehead atoms. The average molecular weight is 585 g/mol. The highest BCUT2D eigenvalue weighted by Gasteiger charge is 2.55. The number of benzene rings is 4. The summed E-state index contributed by atoms with van der Waals surface area (Å²) in [5.41, 5.74) is -2.28. The van der Waals surface area contributed by atoms with E-state index in [1.165, 1.54) is 31.3 Å². The molecule has 216 valence electrons. The number of imide groups is 2. The quantitative estimate of drug-likeness (QED) is 0.244. The van der Waals surface area contributed by atoms with E-state index in [1.54, 1.807) is 24.3 Å². The number of anilines is 1. The second-order valence-corrected chi connectivity index (χ2v) is 10.7. The summed E-state index contributed by atoms with van der Waals surface area (Å²) in [7, 11) is 1.26. The molecule has 4 aromatic carbocycles. The van der Waals surface area contributed by atoms with Crippen LogP contribution in [-0.4, -0.2) is 41.8 Å². The topological polar surface area (TPSA) is 84.0 Å². The third-order valence-corrected chi connectivity index (χ3v) is 8.05. The molecule has 7 nitrogen and oxygen atoms in total. The molecule has 0 aliphatic carbocycles. The fourth-order valence-corrected chi connectivity index (χ4v) is 5.36. The number of nitrogens with zero attached hydrogens (tertiary/aromatic N) is 2. The number of amides is 4. The van der Waals surface area contributed by atoms with Gasteiger partial charge in [0.1, 0.15) is 16.9 Å². The lowest BCUT2D eigenvalue weighted by Gasteiger charge is -2.33. The molecule has 2 heterocycles. The highest BCUT2D eigenvalue weighted by Crippen LogP contribution is 2.48. The smallest absolute Gasteiger partial charge is 0.402 e. The summed E-state index contributed by atoms with van der Waals surface area (Å²) in [5, 5.41) is 0. The van der Waals surface area contributed by atoms with Crippen molar-refractivity contribution in [1.29, 1.82) is 0 Å². The first kappa shape index (κ1) is 27.9. The highest BCUT2D eigenvalue weighted by molar-refractivity contribution is 6.34. The minimum atomic E-state index is -4.87. The van der Waals surface area contributed by atoms with Crippen LogP contribution in [-0.2, 0) is 5.41 Å². The molecular formula is C33H23F3N2O5. The second kappa shape index (κ2) is 9.65. The van der Waals surface area contributed by atoms with Crippen molar-refractivity contribution in [1.82, 2.24) is 4.90 Å². The Morgan fingerprint density at radius 1 is 0.605 bits per heavy atom. The van der Waals surface area contributed by atoms with Crippen LogP contribution in [0.3, 0.4) is 0 Å². The third kappa shape index (κ3) is 4.29. The first-order valence-corrected chi connectivity index (χ1v) is 13.2. The SMILES string of the molecule is Cc1ccc(Oc2ccc(N3C(=O)c4ccc(C(C)(c5ccc6c(c5)C(=O)N(C)C6=O)C(F)(F)F)cc4C3=O)cc2)cc1. The monoisotopic (exact) mass is 584 g/mol. The molecule has 4 amide bonds. The maximum absolute atomic E-state index is 14.8. The van der Waals surface area contributed by atoms with Gasteiger partial charge < -0.3 is 4.74 Å². The van der Waals surface area contributed by atoms with E-state index in [0.29, 0.717) is 11.5 Å². The summed E-state index contributed by atoms with van der Waals surface area (Å²) in [6, 6.07) is 20.5. The Labute approximate surface area is 244 Å². The fraction of sp³-hybridized carbons (Fsp3) is 0.152. The van der Waals surface area contributed by atoms with Crippen LogP contribution in [0.1, 0.15) is 65.0 Å². The number of rotatable bonds is 5. The summed E-state index contributed by atoms with van der Waals surface area (Å²) in [4.78, 5) is 53.3. The van der Waals surface area contributed by atoms with Crippen LogP contribution in [0.5, 0.6) is 11.5 Å². The summed E-state index contributed by atoms with van der Waals surface area (Å²) in [5.74, 6) is -1.67. The van der Waals surface area contributed by atoms with Crippen molar-refractivity contribution in [3.8, 4) is 11.5 Å². The molecule has 0 saturated carbocycles. The van der Waals surface area contributed by atoms with Gasteiger partial charge in [0, 0.05) is 7.05 Å². The predicted molar refractivity (Wildman–Crippen MR) is 151 cm³/mol.